The Morgan fingerprint density at radius 3 is 2.42 bits per heavy atom. The maximum absolute atomic E-state index is 13.7. The van der Waals surface area contributed by atoms with Gasteiger partial charge in [0.2, 0.25) is 0 Å². The fourth-order valence-electron chi connectivity index (χ4n) is 9.83. The molecule has 3 saturated carbocycles. The summed E-state index contributed by atoms with van der Waals surface area (Å²) in [5.74, 6) is -1.02. The molecular weight excluding hydrogens is 416 g/mol. The number of ether oxygens (including phenoxy) is 1. The molecule has 0 unspecified atom stereocenters. The Labute approximate surface area is 197 Å². The molecule has 0 aliphatic heterocycles. The van der Waals surface area contributed by atoms with Gasteiger partial charge in [-0.05, 0) is 74.7 Å². The van der Waals surface area contributed by atoms with Crippen molar-refractivity contribution >= 4 is 17.7 Å². The first-order valence-electron chi connectivity index (χ1n) is 12.7. The Hall–Kier alpha value is -1.91. The lowest BCUT2D eigenvalue weighted by Crippen LogP contribution is -2.68. The number of rotatable bonds is 3. The quantitative estimate of drug-likeness (QED) is 0.468. The van der Waals surface area contributed by atoms with Gasteiger partial charge in [-0.1, -0.05) is 44.9 Å². The second kappa shape index (κ2) is 6.82. The maximum atomic E-state index is 13.7. The largest absolute Gasteiger partial charge is 0.481 e. The van der Waals surface area contributed by atoms with Crippen molar-refractivity contribution in [2.24, 2.45) is 51.2 Å². The van der Waals surface area contributed by atoms with E-state index in [4.69, 9.17) is 4.74 Å². The molecule has 0 radical (unpaired) electrons. The monoisotopic (exact) mass is 454 g/mol. The Morgan fingerprint density at radius 1 is 1.12 bits per heavy atom. The minimum atomic E-state index is -1.13. The van der Waals surface area contributed by atoms with Gasteiger partial charge in [0.25, 0.3) is 0 Å². The first-order valence-corrected chi connectivity index (χ1v) is 12.7. The van der Waals surface area contributed by atoms with Crippen LogP contribution in [0, 0.1) is 51.2 Å². The van der Waals surface area contributed by atoms with Crippen LogP contribution in [-0.2, 0) is 19.1 Å². The molecule has 0 aromatic carbocycles. The molecule has 3 fully saturated rings. The number of aliphatic carboxylic acids is 1. The number of hydrogen-bond donors (Lipinski definition) is 1. The van der Waals surface area contributed by atoms with Gasteiger partial charge in [-0.25, -0.2) is 0 Å². The molecule has 0 aromatic heterocycles. The fourth-order valence-corrected chi connectivity index (χ4v) is 9.83. The third kappa shape index (κ3) is 2.47. The number of carboxylic acids is 1. The van der Waals surface area contributed by atoms with Crippen LogP contribution in [0.25, 0.3) is 0 Å². The Morgan fingerprint density at radius 2 is 1.82 bits per heavy atom. The lowest BCUT2D eigenvalue weighted by Gasteiger charge is -2.70. The van der Waals surface area contributed by atoms with Gasteiger partial charge in [0.1, 0.15) is 5.41 Å². The zero-order chi connectivity index (χ0) is 24.1. The van der Waals surface area contributed by atoms with Crippen molar-refractivity contribution in [2.45, 2.75) is 73.1 Å². The van der Waals surface area contributed by atoms with E-state index in [1.807, 2.05) is 6.08 Å². The molecule has 6 aliphatic carbocycles. The van der Waals surface area contributed by atoms with Crippen LogP contribution in [0.1, 0.15) is 73.1 Å². The van der Waals surface area contributed by atoms with E-state index in [9.17, 15) is 19.5 Å². The number of carbonyl (C=O) groups excluding carboxylic acids is 2. The number of methoxy groups -OCH3 is 1. The van der Waals surface area contributed by atoms with E-state index in [1.54, 1.807) is 6.92 Å². The van der Waals surface area contributed by atoms with Crippen molar-refractivity contribution in [1.82, 2.24) is 0 Å². The van der Waals surface area contributed by atoms with Crippen LogP contribution < -0.4 is 0 Å². The van der Waals surface area contributed by atoms with Gasteiger partial charge in [0, 0.05) is 11.3 Å². The molecule has 8 atom stereocenters. The Balaban J connectivity index is 1.71. The highest BCUT2D eigenvalue weighted by Gasteiger charge is 2.76. The van der Waals surface area contributed by atoms with Gasteiger partial charge < -0.3 is 9.84 Å². The third-order valence-electron chi connectivity index (χ3n) is 11.0. The minimum Gasteiger partial charge on any atom is -0.481 e. The van der Waals surface area contributed by atoms with Crippen LogP contribution in [0.5, 0.6) is 0 Å². The van der Waals surface area contributed by atoms with E-state index in [2.05, 4.69) is 33.8 Å². The average Bonchev–Trinajstić information content (AvgIpc) is 3.06. The van der Waals surface area contributed by atoms with E-state index in [0.29, 0.717) is 5.57 Å². The van der Waals surface area contributed by atoms with E-state index in [1.165, 1.54) is 12.7 Å². The van der Waals surface area contributed by atoms with Crippen LogP contribution in [0.4, 0.5) is 0 Å². The summed E-state index contributed by atoms with van der Waals surface area (Å²) in [5, 5.41) is 10.6. The number of hydrogen-bond acceptors (Lipinski definition) is 4. The molecule has 0 saturated heterocycles. The topological polar surface area (TPSA) is 80.7 Å². The smallest absolute Gasteiger partial charge is 0.314 e. The van der Waals surface area contributed by atoms with E-state index < -0.39 is 28.1 Å². The van der Waals surface area contributed by atoms with Crippen molar-refractivity contribution in [2.75, 3.05) is 7.11 Å². The zero-order valence-corrected chi connectivity index (χ0v) is 20.9. The zero-order valence-electron chi connectivity index (χ0n) is 20.9. The molecule has 6 rings (SSSR count). The highest BCUT2D eigenvalue weighted by atomic mass is 16.5. The molecule has 2 bridgehead atoms. The first kappa shape index (κ1) is 22.9. The summed E-state index contributed by atoms with van der Waals surface area (Å²) in [7, 11) is 1.48. The van der Waals surface area contributed by atoms with Gasteiger partial charge in [0.15, 0.2) is 5.78 Å². The number of Topliss-reactive ketones (excluding diaryl/α,β-unsaturated/α-hetero) is 1. The highest BCUT2D eigenvalue weighted by Crippen LogP contribution is 2.77. The number of carbonyl (C=O) groups is 3. The maximum Gasteiger partial charge on any atom is 0.314 e. The summed E-state index contributed by atoms with van der Waals surface area (Å²) < 4.78 is 5.29. The Kier molecular flexibility index (Phi) is 4.73. The van der Waals surface area contributed by atoms with Gasteiger partial charge in [0.05, 0.1) is 18.4 Å². The highest BCUT2D eigenvalue weighted by molar-refractivity contribution is 6.06. The molecule has 5 heteroatoms. The van der Waals surface area contributed by atoms with Crippen molar-refractivity contribution in [3.8, 4) is 0 Å². The van der Waals surface area contributed by atoms with Crippen molar-refractivity contribution < 1.29 is 24.2 Å². The fraction of sp³-hybridized carbons (Fsp3) is 0.750. The van der Waals surface area contributed by atoms with Crippen molar-refractivity contribution in [1.29, 1.82) is 0 Å². The lowest BCUT2D eigenvalue weighted by atomic mass is 9.32. The van der Waals surface area contributed by atoms with Gasteiger partial charge in [-0.3, -0.25) is 14.4 Å². The summed E-state index contributed by atoms with van der Waals surface area (Å²) in [6.45, 7) is 10.5. The van der Waals surface area contributed by atoms with Crippen LogP contribution >= 0.6 is 0 Å². The number of esters is 1. The number of carboxylic acid groups (broad SMARTS) is 1. The molecule has 0 heterocycles. The molecule has 1 spiro atoms. The molecule has 6 aliphatic rings. The Bertz CT molecular complexity index is 1010. The molecule has 0 aromatic rings. The summed E-state index contributed by atoms with van der Waals surface area (Å²) in [5.41, 5.74) is -0.410. The van der Waals surface area contributed by atoms with Crippen molar-refractivity contribution in [3.05, 3.63) is 23.3 Å². The average molecular weight is 455 g/mol. The summed E-state index contributed by atoms with van der Waals surface area (Å²) in [6.07, 6.45) is 9.36. The second-order valence-electron chi connectivity index (χ2n) is 12.5. The summed E-state index contributed by atoms with van der Waals surface area (Å²) >= 11 is 0. The SMILES string of the molecule is COC(=O)[C@]1(C)CCC[C@]2(C)[C@H]3C[C@H]4C(C(C)C)=C[C@]3(CC[C@H]21)[C@@H]1C(=O)C(C)=C[C@]41C(=O)O. The van der Waals surface area contributed by atoms with E-state index in [-0.39, 0.29) is 40.8 Å². The minimum absolute atomic E-state index is 0.0275. The molecule has 5 nitrogen and oxygen atoms in total. The standard InChI is InChI=1S/C28H38O5/c1-15(2)17-14-27-11-8-19-25(4,9-7-10-26(19,5)24(32)33-6)20(27)12-18(17)28(23(30)31)13-16(3)21(29)22(27)28/h13-15,18-20,22H,7-12H2,1-6H3,(H,30,31)/t18-,19+,20+,22-,25-,26+,27-,28-/m0/s1. The van der Waals surface area contributed by atoms with E-state index in [0.717, 1.165) is 38.5 Å². The van der Waals surface area contributed by atoms with Crippen LogP contribution in [-0.4, -0.2) is 29.9 Å². The van der Waals surface area contributed by atoms with Crippen molar-refractivity contribution in [3.63, 3.8) is 0 Å². The van der Waals surface area contributed by atoms with Crippen LogP contribution in [0.15, 0.2) is 23.3 Å². The van der Waals surface area contributed by atoms with Gasteiger partial charge >= 0.3 is 11.9 Å². The predicted molar refractivity (Wildman–Crippen MR) is 124 cm³/mol. The number of ketones is 1. The lowest BCUT2D eigenvalue weighted by molar-refractivity contribution is -0.209. The van der Waals surface area contributed by atoms with Crippen LogP contribution in [0.3, 0.4) is 0 Å². The number of fused-ring (bicyclic) bond motifs is 1. The third-order valence-corrected chi connectivity index (χ3v) is 11.0. The van der Waals surface area contributed by atoms with E-state index >= 15 is 0 Å². The molecular formula is C28H38O5. The molecule has 0 amide bonds. The van der Waals surface area contributed by atoms with Crippen LogP contribution in [0.2, 0.25) is 0 Å². The summed E-state index contributed by atoms with van der Waals surface area (Å²) in [4.78, 5) is 39.7. The predicted octanol–water partition coefficient (Wildman–Crippen LogP) is 5.20. The number of allylic oxidation sites excluding steroid dienone is 3. The first-order chi connectivity index (χ1) is 15.4. The molecule has 33 heavy (non-hydrogen) atoms. The van der Waals surface area contributed by atoms with Gasteiger partial charge in [-0.2, -0.15) is 0 Å². The second-order valence-corrected chi connectivity index (χ2v) is 12.5. The molecule has 1 N–H and O–H groups in total. The normalized spacial score (nSPS) is 47.9. The molecule has 180 valence electrons. The van der Waals surface area contributed by atoms with Gasteiger partial charge in [-0.15, -0.1) is 0 Å². The summed E-state index contributed by atoms with van der Waals surface area (Å²) in [6, 6.07) is 0.